The maximum atomic E-state index is 12.8. The number of hydrogen-bond donors (Lipinski definition) is 2. The molecule has 0 spiro atoms. The van der Waals surface area contributed by atoms with E-state index in [0.717, 1.165) is 0 Å². The molecular weight excluding hydrogens is 259 g/mol. The molecule has 0 aromatic carbocycles. The smallest absolute Gasteiger partial charge is 0.329 e. The molecule has 1 heterocycles. The second kappa shape index (κ2) is 4.91. The number of carbonyl (C=O) groups is 2. The third-order valence-electron chi connectivity index (χ3n) is 1.85. The second-order valence-corrected chi connectivity index (χ2v) is 3.39. The van der Waals surface area contributed by atoms with E-state index in [0.29, 0.717) is 10.9 Å². The molecule has 0 bridgehead atoms. The van der Waals surface area contributed by atoms with E-state index in [9.17, 15) is 18.8 Å². The number of aliphatic carboxylic acids is 2. The number of aromatic nitrogens is 2. The first-order chi connectivity index (χ1) is 7.84. The summed E-state index contributed by atoms with van der Waals surface area (Å²) in [5.41, 5.74) is -1.19. The van der Waals surface area contributed by atoms with Gasteiger partial charge >= 0.3 is 11.9 Å². The predicted octanol–water partition coefficient (Wildman–Crippen LogP) is 0.136. The summed E-state index contributed by atoms with van der Waals surface area (Å²) < 4.78 is 13.1. The summed E-state index contributed by atoms with van der Waals surface area (Å²) in [6.45, 7) is 0. The van der Waals surface area contributed by atoms with Crippen LogP contribution in [0.1, 0.15) is 12.5 Å². The van der Waals surface area contributed by atoms with Crippen LogP contribution in [0.2, 0.25) is 5.02 Å². The molecule has 92 valence electrons. The lowest BCUT2D eigenvalue weighted by Gasteiger charge is -2.12. The van der Waals surface area contributed by atoms with Crippen LogP contribution in [0.5, 0.6) is 0 Å². The van der Waals surface area contributed by atoms with Crippen LogP contribution in [-0.2, 0) is 9.59 Å². The molecule has 1 aromatic rings. The van der Waals surface area contributed by atoms with Gasteiger partial charge < -0.3 is 10.2 Å². The van der Waals surface area contributed by atoms with Crippen molar-refractivity contribution in [2.24, 2.45) is 0 Å². The van der Waals surface area contributed by atoms with Gasteiger partial charge in [0.25, 0.3) is 5.56 Å². The molecule has 0 aliphatic heterocycles. The quantitative estimate of drug-likeness (QED) is 0.800. The molecule has 0 aliphatic carbocycles. The molecule has 0 aliphatic rings. The number of hydrogen-bond acceptors (Lipinski definition) is 4. The van der Waals surface area contributed by atoms with Crippen molar-refractivity contribution in [3.8, 4) is 0 Å². The van der Waals surface area contributed by atoms with Crippen molar-refractivity contribution < 1.29 is 24.2 Å². The third-order valence-corrected chi connectivity index (χ3v) is 2.19. The molecule has 0 saturated heterocycles. The minimum Gasteiger partial charge on any atom is -0.481 e. The Morgan fingerprint density at radius 2 is 2.12 bits per heavy atom. The largest absolute Gasteiger partial charge is 0.481 e. The topological polar surface area (TPSA) is 109 Å². The van der Waals surface area contributed by atoms with Gasteiger partial charge in [-0.1, -0.05) is 11.6 Å². The molecule has 0 fully saturated rings. The number of halogens is 2. The fraction of sp³-hybridized carbons (Fsp3) is 0.250. The number of carboxylic acids is 2. The fourth-order valence-electron chi connectivity index (χ4n) is 1.09. The van der Waals surface area contributed by atoms with E-state index in [1.54, 1.807) is 0 Å². The first kappa shape index (κ1) is 13.1. The van der Waals surface area contributed by atoms with E-state index in [-0.39, 0.29) is 0 Å². The Morgan fingerprint density at radius 3 is 2.59 bits per heavy atom. The minimum atomic E-state index is -1.74. The Balaban J connectivity index is 3.29. The zero-order chi connectivity index (χ0) is 13.2. The van der Waals surface area contributed by atoms with Crippen LogP contribution in [0.3, 0.4) is 0 Å². The van der Waals surface area contributed by atoms with Gasteiger partial charge in [0.1, 0.15) is 5.02 Å². The highest BCUT2D eigenvalue weighted by molar-refractivity contribution is 6.30. The molecule has 0 radical (unpaired) electrons. The third kappa shape index (κ3) is 2.78. The number of rotatable bonds is 4. The molecule has 7 nitrogen and oxygen atoms in total. The molecule has 0 saturated carbocycles. The van der Waals surface area contributed by atoms with Crippen molar-refractivity contribution >= 4 is 23.5 Å². The van der Waals surface area contributed by atoms with E-state index in [1.807, 2.05) is 0 Å². The summed E-state index contributed by atoms with van der Waals surface area (Å²) in [7, 11) is 0. The van der Waals surface area contributed by atoms with Gasteiger partial charge in [-0.15, -0.1) is 0 Å². The highest BCUT2D eigenvalue weighted by atomic mass is 35.5. The van der Waals surface area contributed by atoms with Crippen LogP contribution in [-0.4, -0.2) is 31.9 Å². The van der Waals surface area contributed by atoms with Gasteiger partial charge in [0, 0.05) is 0 Å². The zero-order valence-corrected chi connectivity index (χ0v) is 8.89. The number of nitrogens with zero attached hydrogens (tertiary/aromatic N) is 2. The van der Waals surface area contributed by atoms with Crippen LogP contribution in [0.25, 0.3) is 0 Å². The Bertz CT molecular complexity index is 529. The Kier molecular flexibility index (Phi) is 3.79. The first-order valence-electron chi connectivity index (χ1n) is 4.22. The molecule has 1 aromatic heterocycles. The van der Waals surface area contributed by atoms with Crippen LogP contribution < -0.4 is 5.56 Å². The fourth-order valence-corrected chi connectivity index (χ4v) is 1.23. The maximum Gasteiger partial charge on any atom is 0.329 e. The van der Waals surface area contributed by atoms with Gasteiger partial charge in [-0.2, -0.15) is 5.10 Å². The van der Waals surface area contributed by atoms with Crippen molar-refractivity contribution in [1.82, 2.24) is 9.78 Å². The van der Waals surface area contributed by atoms with E-state index in [2.05, 4.69) is 5.10 Å². The van der Waals surface area contributed by atoms with Crippen molar-refractivity contribution in [3.63, 3.8) is 0 Å². The highest BCUT2D eigenvalue weighted by Gasteiger charge is 2.26. The highest BCUT2D eigenvalue weighted by Crippen LogP contribution is 2.12. The average Bonchev–Trinajstić information content (AvgIpc) is 2.23. The lowest BCUT2D eigenvalue weighted by molar-refractivity contribution is -0.147. The van der Waals surface area contributed by atoms with Gasteiger partial charge in [-0.25, -0.2) is 13.9 Å². The summed E-state index contributed by atoms with van der Waals surface area (Å²) in [6, 6.07) is -1.74. The van der Waals surface area contributed by atoms with Gasteiger partial charge in [0.2, 0.25) is 0 Å². The average molecular weight is 265 g/mol. The zero-order valence-electron chi connectivity index (χ0n) is 8.13. The predicted molar refractivity (Wildman–Crippen MR) is 52.4 cm³/mol. The van der Waals surface area contributed by atoms with Gasteiger partial charge in [-0.3, -0.25) is 9.59 Å². The van der Waals surface area contributed by atoms with E-state index >= 15 is 0 Å². The molecular formula is C8H6ClFN2O5. The maximum absolute atomic E-state index is 12.8. The number of carboxylic acid groups (broad SMARTS) is 2. The minimum absolute atomic E-state index is 0.321. The molecule has 1 atom stereocenters. The summed E-state index contributed by atoms with van der Waals surface area (Å²) in [5.74, 6) is -4.12. The van der Waals surface area contributed by atoms with Gasteiger partial charge in [0.05, 0.1) is 12.6 Å². The summed E-state index contributed by atoms with van der Waals surface area (Å²) in [5, 5.41) is 19.6. The van der Waals surface area contributed by atoms with Crippen LogP contribution in [0.4, 0.5) is 4.39 Å². The molecule has 1 unspecified atom stereocenters. The molecule has 1 rings (SSSR count). The standard InChI is InChI=1S/C8H6ClFN2O5/c9-6-3(10)2-11-12(7(6)15)4(8(16)17)1-5(13)14/h2,4H,1H2,(H,13,14)(H,16,17). The lowest BCUT2D eigenvalue weighted by atomic mass is 10.2. The van der Waals surface area contributed by atoms with Crippen LogP contribution >= 0.6 is 11.6 Å². The van der Waals surface area contributed by atoms with Crippen LogP contribution in [0, 0.1) is 5.82 Å². The Hall–Kier alpha value is -1.96. The van der Waals surface area contributed by atoms with E-state index < -0.39 is 40.8 Å². The lowest BCUT2D eigenvalue weighted by Crippen LogP contribution is -2.34. The Labute approximate surface area is 98.1 Å². The van der Waals surface area contributed by atoms with Crippen molar-refractivity contribution in [1.29, 1.82) is 0 Å². The van der Waals surface area contributed by atoms with Crippen molar-refractivity contribution in [3.05, 3.63) is 27.4 Å². The van der Waals surface area contributed by atoms with Gasteiger partial charge in [-0.05, 0) is 0 Å². The molecule has 0 amide bonds. The van der Waals surface area contributed by atoms with Crippen molar-refractivity contribution in [2.75, 3.05) is 0 Å². The summed E-state index contributed by atoms with van der Waals surface area (Å²) in [4.78, 5) is 32.6. The van der Waals surface area contributed by atoms with Crippen LogP contribution in [0.15, 0.2) is 11.0 Å². The molecule has 9 heteroatoms. The second-order valence-electron chi connectivity index (χ2n) is 3.01. The Morgan fingerprint density at radius 1 is 1.53 bits per heavy atom. The van der Waals surface area contributed by atoms with E-state index in [1.165, 1.54) is 0 Å². The summed E-state index contributed by atoms with van der Waals surface area (Å²) in [6.07, 6.45) is -0.328. The summed E-state index contributed by atoms with van der Waals surface area (Å²) >= 11 is 5.28. The monoisotopic (exact) mass is 264 g/mol. The normalized spacial score (nSPS) is 12.1. The van der Waals surface area contributed by atoms with Crippen molar-refractivity contribution in [2.45, 2.75) is 12.5 Å². The van der Waals surface area contributed by atoms with E-state index in [4.69, 9.17) is 21.8 Å². The molecule has 17 heavy (non-hydrogen) atoms. The SMILES string of the molecule is O=C(O)CC(C(=O)O)n1ncc(F)c(Cl)c1=O. The van der Waals surface area contributed by atoms with Gasteiger partial charge in [0.15, 0.2) is 11.9 Å². The first-order valence-corrected chi connectivity index (χ1v) is 4.59. The molecule has 2 N–H and O–H groups in total.